The second-order valence-corrected chi connectivity index (χ2v) is 6.45. The summed E-state index contributed by atoms with van der Waals surface area (Å²) in [6, 6.07) is 12.8. The largest absolute Gasteiger partial charge is 0.368 e. The van der Waals surface area contributed by atoms with Gasteiger partial charge in [0.15, 0.2) is 5.82 Å². The summed E-state index contributed by atoms with van der Waals surface area (Å²) in [6.07, 6.45) is 5.03. The van der Waals surface area contributed by atoms with Gasteiger partial charge in [0.25, 0.3) is 5.91 Å². The number of aromatic nitrogens is 4. The molecule has 0 aliphatic carbocycles. The fraction of sp³-hybridized carbons (Fsp3) is 0.263. The molecule has 8 nitrogen and oxygen atoms in total. The molecule has 1 saturated heterocycles. The van der Waals surface area contributed by atoms with Crippen LogP contribution in [0, 0.1) is 0 Å². The predicted molar refractivity (Wildman–Crippen MR) is 103 cm³/mol. The van der Waals surface area contributed by atoms with Crippen LogP contribution in [0.25, 0.3) is 5.82 Å². The molecule has 0 spiro atoms. The molecular formula is C19H21N7O. The van der Waals surface area contributed by atoms with Crippen LogP contribution < -0.4 is 11.1 Å². The minimum Gasteiger partial charge on any atom is -0.368 e. The van der Waals surface area contributed by atoms with Gasteiger partial charge in [0.05, 0.1) is 0 Å². The van der Waals surface area contributed by atoms with Gasteiger partial charge in [0, 0.05) is 30.5 Å². The predicted octanol–water partition coefficient (Wildman–Crippen LogP) is 2.61. The monoisotopic (exact) mass is 363 g/mol. The number of piperidine rings is 1. The van der Waals surface area contributed by atoms with Gasteiger partial charge in [-0.25, -0.2) is 4.98 Å². The van der Waals surface area contributed by atoms with Gasteiger partial charge in [-0.1, -0.05) is 6.07 Å². The van der Waals surface area contributed by atoms with Crippen LogP contribution in [0.1, 0.15) is 29.6 Å². The second-order valence-electron chi connectivity index (χ2n) is 6.45. The van der Waals surface area contributed by atoms with E-state index in [4.69, 9.17) is 5.73 Å². The van der Waals surface area contributed by atoms with Crippen LogP contribution in [0.2, 0.25) is 0 Å². The van der Waals surface area contributed by atoms with Crippen molar-refractivity contribution in [3.63, 3.8) is 0 Å². The van der Waals surface area contributed by atoms with Crippen molar-refractivity contribution in [1.82, 2.24) is 24.6 Å². The van der Waals surface area contributed by atoms with Crippen molar-refractivity contribution < 1.29 is 4.79 Å². The highest BCUT2D eigenvalue weighted by Crippen LogP contribution is 2.19. The van der Waals surface area contributed by atoms with Crippen molar-refractivity contribution in [3.8, 4) is 5.82 Å². The molecule has 1 aliphatic heterocycles. The molecule has 1 fully saturated rings. The number of anilines is 3. The molecule has 0 atom stereocenters. The molecule has 3 heterocycles. The van der Waals surface area contributed by atoms with Gasteiger partial charge in [-0.05, 0) is 55.7 Å². The Morgan fingerprint density at radius 1 is 1.04 bits per heavy atom. The zero-order chi connectivity index (χ0) is 18.6. The van der Waals surface area contributed by atoms with E-state index in [1.165, 1.54) is 11.1 Å². The molecule has 0 bridgehead atoms. The maximum Gasteiger partial charge on any atom is 0.253 e. The standard InChI is InChI=1S/C19H21N7O/c20-18-23-19(24-26(18)16-6-2-3-11-21-16)22-15-9-7-14(8-10-15)17(27)25-12-4-1-5-13-25/h2-3,6-11H,1,4-5,12-13H2,(H3,20,22,23,24). The van der Waals surface area contributed by atoms with Gasteiger partial charge >= 0.3 is 0 Å². The van der Waals surface area contributed by atoms with Crippen LogP contribution in [0.4, 0.5) is 17.6 Å². The van der Waals surface area contributed by atoms with Crippen LogP contribution in [0.3, 0.4) is 0 Å². The smallest absolute Gasteiger partial charge is 0.253 e. The number of nitrogens with two attached hydrogens (primary N) is 1. The van der Waals surface area contributed by atoms with E-state index < -0.39 is 0 Å². The highest BCUT2D eigenvalue weighted by atomic mass is 16.2. The summed E-state index contributed by atoms with van der Waals surface area (Å²) in [5.41, 5.74) is 7.40. The van der Waals surface area contributed by atoms with E-state index in [0.29, 0.717) is 17.3 Å². The average molecular weight is 363 g/mol. The molecule has 0 unspecified atom stereocenters. The van der Waals surface area contributed by atoms with E-state index in [-0.39, 0.29) is 11.9 Å². The lowest BCUT2D eigenvalue weighted by Gasteiger charge is -2.26. The molecule has 1 amide bonds. The average Bonchev–Trinajstić information content (AvgIpc) is 3.09. The van der Waals surface area contributed by atoms with Gasteiger partial charge in [0.2, 0.25) is 11.9 Å². The van der Waals surface area contributed by atoms with Crippen molar-refractivity contribution in [2.75, 3.05) is 24.1 Å². The zero-order valence-electron chi connectivity index (χ0n) is 14.9. The first-order chi connectivity index (χ1) is 13.2. The summed E-state index contributed by atoms with van der Waals surface area (Å²) < 4.78 is 1.47. The van der Waals surface area contributed by atoms with Crippen LogP contribution in [-0.2, 0) is 0 Å². The Morgan fingerprint density at radius 3 is 2.52 bits per heavy atom. The third kappa shape index (κ3) is 3.74. The van der Waals surface area contributed by atoms with Crippen LogP contribution in [0.15, 0.2) is 48.7 Å². The van der Waals surface area contributed by atoms with Crippen molar-refractivity contribution in [2.45, 2.75) is 19.3 Å². The molecule has 8 heteroatoms. The highest BCUT2D eigenvalue weighted by Gasteiger charge is 2.18. The molecule has 3 aromatic rings. The van der Waals surface area contributed by atoms with E-state index in [9.17, 15) is 4.79 Å². The number of nitrogen functional groups attached to an aromatic ring is 1. The van der Waals surface area contributed by atoms with E-state index in [0.717, 1.165) is 31.6 Å². The van der Waals surface area contributed by atoms with Crippen LogP contribution in [-0.4, -0.2) is 43.6 Å². The number of rotatable bonds is 4. The highest BCUT2D eigenvalue weighted by molar-refractivity contribution is 5.94. The Balaban J connectivity index is 1.47. The molecule has 138 valence electrons. The number of hydrogen-bond acceptors (Lipinski definition) is 6. The number of amides is 1. The normalized spacial score (nSPS) is 14.1. The topological polar surface area (TPSA) is 102 Å². The SMILES string of the molecule is Nc1nc(Nc2ccc(C(=O)N3CCCCC3)cc2)nn1-c1ccccn1. The first-order valence-corrected chi connectivity index (χ1v) is 9.01. The number of pyridine rings is 1. The molecule has 0 saturated carbocycles. The molecule has 4 rings (SSSR count). The van der Waals surface area contributed by atoms with Gasteiger partial charge < -0.3 is 16.0 Å². The van der Waals surface area contributed by atoms with Gasteiger partial charge in [-0.2, -0.15) is 9.67 Å². The summed E-state index contributed by atoms with van der Waals surface area (Å²) in [5.74, 6) is 1.29. The molecule has 27 heavy (non-hydrogen) atoms. The first kappa shape index (κ1) is 17.0. The number of hydrogen-bond donors (Lipinski definition) is 2. The molecular weight excluding hydrogens is 342 g/mol. The van der Waals surface area contributed by atoms with Crippen molar-refractivity contribution >= 4 is 23.5 Å². The van der Waals surface area contributed by atoms with Crippen molar-refractivity contribution in [3.05, 3.63) is 54.2 Å². The lowest BCUT2D eigenvalue weighted by molar-refractivity contribution is 0.0724. The zero-order valence-corrected chi connectivity index (χ0v) is 14.9. The van der Waals surface area contributed by atoms with Gasteiger partial charge in [-0.15, -0.1) is 5.10 Å². The molecule has 1 aromatic carbocycles. The van der Waals surface area contributed by atoms with E-state index >= 15 is 0 Å². The minimum absolute atomic E-state index is 0.0862. The number of carbonyl (C=O) groups is 1. The van der Waals surface area contributed by atoms with Crippen LogP contribution >= 0.6 is 0 Å². The Hall–Kier alpha value is -3.42. The first-order valence-electron chi connectivity index (χ1n) is 9.01. The molecule has 0 radical (unpaired) electrons. The summed E-state index contributed by atoms with van der Waals surface area (Å²) in [6.45, 7) is 1.68. The Labute approximate surface area is 157 Å². The lowest BCUT2D eigenvalue weighted by atomic mass is 10.1. The summed E-state index contributed by atoms with van der Waals surface area (Å²) in [5, 5.41) is 7.44. The molecule has 3 N–H and O–H groups in total. The summed E-state index contributed by atoms with van der Waals surface area (Å²) >= 11 is 0. The maximum absolute atomic E-state index is 12.5. The minimum atomic E-state index is 0.0862. The Morgan fingerprint density at radius 2 is 1.81 bits per heavy atom. The summed E-state index contributed by atoms with van der Waals surface area (Å²) in [4.78, 5) is 22.9. The number of carbonyl (C=O) groups excluding carboxylic acids is 1. The third-order valence-corrected chi connectivity index (χ3v) is 4.53. The maximum atomic E-state index is 12.5. The quantitative estimate of drug-likeness (QED) is 0.739. The number of benzene rings is 1. The number of likely N-dealkylation sites (tertiary alicyclic amines) is 1. The van der Waals surface area contributed by atoms with Crippen LogP contribution in [0.5, 0.6) is 0 Å². The van der Waals surface area contributed by atoms with Gasteiger partial charge in [0.1, 0.15) is 0 Å². The van der Waals surface area contributed by atoms with E-state index in [2.05, 4.69) is 20.4 Å². The fourth-order valence-electron chi connectivity index (χ4n) is 3.13. The second kappa shape index (κ2) is 7.45. The van der Waals surface area contributed by atoms with E-state index in [1.54, 1.807) is 12.3 Å². The molecule has 2 aromatic heterocycles. The number of nitrogens with one attached hydrogen (secondary N) is 1. The van der Waals surface area contributed by atoms with Crippen molar-refractivity contribution in [2.24, 2.45) is 0 Å². The van der Waals surface area contributed by atoms with Gasteiger partial charge in [-0.3, -0.25) is 4.79 Å². The third-order valence-electron chi connectivity index (χ3n) is 4.53. The Bertz CT molecular complexity index is 915. The lowest BCUT2D eigenvalue weighted by Crippen LogP contribution is -2.35. The fourth-order valence-corrected chi connectivity index (χ4v) is 3.13. The van der Waals surface area contributed by atoms with Crippen molar-refractivity contribution in [1.29, 1.82) is 0 Å². The summed E-state index contributed by atoms with van der Waals surface area (Å²) in [7, 11) is 0. The van der Waals surface area contributed by atoms with E-state index in [1.807, 2.05) is 41.3 Å². The molecule has 1 aliphatic rings. The Kier molecular flexibility index (Phi) is 4.69. The number of nitrogens with zero attached hydrogens (tertiary/aromatic N) is 5.